The van der Waals surface area contributed by atoms with Gasteiger partial charge in [0.05, 0.1) is 22.7 Å². The number of halogens is 2. The number of amides is 1. The molecular formula is C22H14BrFN2O3S. The van der Waals surface area contributed by atoms with Crippen molar-refractivity contribution in [2.75, 3.05) is 4.90 Å². The Kier molecular flexibility index (Phi) is 4.37. The molecule has 4 aromatic rings. The van der Waals surface area contributed by atoms with Crippen LogP contribution >= 0.6 is 27.3 Å². The molecule has 2 aromatic carbocycles. The third-order valence-electron chi connectivity index (χ3n) is 5.24. The molecule has 0 fully saturated rings. The quantitative estimate of drug-likeness (QED) is 0.375. The standard InChI is InChI=1S/C22H14BrFN2O3S/c1-10-11(2)30-22(25-10)26-18(12-3-6-14(24)7-4-12)17-19(27)15-9-13(23)5-8-16(15)29-20(17)21(26)28/h3-9,18H,1-2H3/t18-/m1/s1. The summed E-state index contributed by atoms with van der Waals surface area (Å²) in [6.45, 7) is 3.79. The Morgan fingerprint density at radius 1 is 1.13 bits per heavy atom. The van der Waals surface area contributed by atoms with Crippen LogP contribution in [0.25, 0.3) is 11.0 Å². The van der Waals surface area contributed by atoms with Gasteiger partial charge in [0.1, 0.15) is 11.4 Å². The van der Waals surface area contributed by atoms with E-state index in [1.165, 1.54) is 28.4 Å². The molecule has 0 aliphatic carbocycles. The third kappa shape index (κ3) is 2.82. The van der Waals surface area contributed by atoms with Gasteiger partial charge in [0.15, 0.2) is 10.6 Å². The van der Waals surface area contributed by atoms with Crippen molar-refractivity contribution < 1.29 is 13.6 Å². The van der Waals surface area contributed by atoms with Crippen LogP contribution in [-0.2, 0) is 0 Å². The minimum absolute atomic E-state index is 0.00495. The molecule has 1 atom stereocenters. The lowest BCUT2D eigenvalue weighted by atomic mass is 9.99. The number of benzene rings is 2. The van der Waals surface area contributed by atoms with Crippen LogP contribution in [0.1, 0.15) is 38.3 Å². The first-order valence-corrected chi connectivity index (χ1v) is 10.8. The highest BCUT2D eigenvalue weighted by molar-refractivity contribution is 9.10. The lowest BCUT2D eigenvalue weighted by Crippen LogP contribution is -2.29. The van der Waals surface area contributed by atoms with Gasteiger partial charge in [-0.2, -0.15) is 0 Å². The number of anilines is 1. The maximum Gasteiger partial charge on any atom is 0.297 e. The van der Waals surface area contributed by atoms with Crippen molar-refractivity contribution in [1.29, 1.82) is 0 Å². The normalized spacial score (nSPS) is 15.8. The van der Waals surface area contributed by atoms with Crippen LogP contribution in [0.15, 0.2) is 56.1 Å². The van der Waals surface area contributed by atoms with Crippen LogP contribution < -0.4 is 10.3 Å². The van der Waals surface area contributed by atoms with Gasteiger partial charge in [0.25, 0.3) is 5.91 Å². The zero-order valence-electron chi connectivity index (χ0n) is 15.9. The highest BCUT2D eigenvalue weighted by Crippen LogP contribution is 2.43. The summed E-state index contributed by atoms with van der Waals surface area (Å²) in [6.07, 6.45) is 0. The van der Waals surface area contributed by atoms with Gasteiger partial charge in [-0.05, 0) is 49.7 Å². The van der Waals surface area contributed by atoms with Crippen molar-refractivity contribution in [3.8, 4) is 0 Å². The van der Waals surface area contributed by atoms with E-state index >= 15 is 0 Å². The summed E-state index contributed by atoms with van der Waals surface area (Å²) in [4.78, 5) is 33.9. The molecule has 2 aromatic heterocycles. The predicted octanol–water partition coefficient (Wildman–Crippen LogP) is 5.52. The molecule has 5 rings (SSSR count). The minimum Gasteiger partial charge on any atom is -0.450 e. The Morgan fingerprint density at radius 2 is 1.87 bits per heavy atom. The number of aromatic nitrogens is 1. The fourth-order valence-corrected chi connectivity index (χ4v) is 4.96. The Bertz CT molecular complexity index is 1370. The van der Waals surface area contributed by atoms with Crippen LogP contribution in [0.5, 0.6) is 0 Å². The van der Waals surface area contributed by atoms with E-state index in [-0.39, 0.29) is 16.8 Å². The molecule has 0 spiro atoms. The summed E-state index contributed by atoms with van der Waals surface area (Å²) in [5.41, 5.74) is 1.70. The number of nitrogens with zero attached hydrogens (tertiary/aromatic N) is 2. The summed E-state index contributed by atoms with van der Waals surface area (Å²) in [5.74, 6) is -0.838. The topological polar surface area (TPSA) is 63.4 Å². The van der Waals surface area contributed by atoms with E-state index in [0.717, 1.165) is 15.0 Å². The van der Waals surface area contributed by atoms with Crippen LogP contribution in [0.2, 0.25) is 0 Å². The molecule has 0 N–H and O–H groups in total. The van der Waals surface area contributed by atoms with E-state index < -0.39 is 17.8 Å². The Balaban J connectivity index is 1.82. The molecular weight excluding hydrogens is 471 g/mol. The maximum absolute atomic E-state index is 13.6. The zero-order chi connectivity index (χ0) is 21.2. The lowest BCUT2D eigenvalue weighted by Gasteiger charge is -2.22. The van der Waals surface area contributed by atoms with Gasteiger partial charge in [-0.1, -0.05) is 28.1 Å². The molecule has 30 heavy (non-hydrogen) atoms. The van der Waals surface area contributed by atoms with Gasteiger partial charge in [0.2, 0.25) is 5.76 Å². The molecule has 0 saturated carbocycles. The Hall–Kier alpha value is -2.84. The molecule has 0 bridgehead atoms. The van der Waals surface area contributed by atoms with Crippen molar-refractivity contribution in [3.05, 3.63) is 90.4 Å². The molecule has 150 valence electrons. The van der Waals surface area contributed by atoms with Gasteiger partial charge in [-0.15, -0.1) is 11.3 Å². The van der Waals surface area contributed by atoms with Crippen molar-refractivity contribution >= 4 is 49.3 Å². The number of aryl methyl sites for hydroxylation is 2. The molecule has 8 heteroatoms. The van der Waals surface area contributed by atoms with E-state index in [9.17, 15) is 14.0 Å². The van der Waals surface area contributed by atoms with Crippen molar-refractivity contribution in [2.45, 2.75) is 19.9 Å². The van der Waals surface area contributed by atoms with Crippen molar-refractivity contribution in [3.63, 3.8) is 0 Å². The largest absolute Gasteiger partial charge is 0.450 e. The fourth-order valence-electron chi connectivity index (χ4n) is 3.66. The highest BCUT2D eigenvalue weighted by atomic mass is 79.9. The van der Waals surface area contributed by atoms with Crippen LogP contribution in [0.4, 0.5) is 9.52 Å². The second kappa shape index (κ2) is 6.85. The average Bonchev–Trinajstić information content (AvgIpc) is 3.20. The monoisotopic (exact) mass is 484 g/mol. The Morgan fingerprint density at radius 3 is 2.53 bits per heavy atom. The number of carbonyl (C=O) groups is 1. The smallest absolute Gasteiger partial charge is 0.297 e. The molecule has 1 amide bonds. The number of carbonyl (C=O) groups excluding carboxylic acids is 1. The second-order valence-electron chi connectivity index (χ2n) is 7.08. The van der Waals surface area contributed by atoms with E-state index in [1.54, 1.807) is 30.3 Å². The van der Waals surface area contributed by atoms with E-state index in [2.05, 4.69) is 20.9 Å². The van der Waals surface area contributed by atoms with Gasteiger partial charge in [0, 0.05) is 9.35 Å². The van der Waals surface area contributed by atoms with Crippen LogP contribution in [-0.4, -0.2) is 10.9 Å². The fraction of sp³-hybridized carbons (Fsp3) is 0.136. The first kappa shape index (κ1) is 19.1. The third-order valence-corrected chi connectivity index (χ3v) is 6.81. The van der Waals surface area contributed by atoms with Crippen molar-refractivity contribution in [1.82, 2.24) is 4.98 Å². The first-order chi connectivity index (χ1) is 14.3. The first-order valence-electron chi connectivity index (χ1n) is 9.14. The van der Waals surface area contributed by atoms with Crippen molar-refractivity contribution in [2.24, 2.45) is 0 Å². The molecule has 5 nitrogen and oxygen atoms in total. The van der Waals surface area contributed by atoms with E-state index in [1.807, 2.05) is 13.8 Å². The van der Waals surface area contributed by atoms with Crippen LogP contribution in [0.3, 0.4) is 0 Å². The molecule has 3 heterocycles. The average molecular weight is 485 g/mol. The molecule has 1 aliphatic rings. The van der Waals surface area contributed by atoms with E-state index in [0.29, 0.717) is 21.7 Å². The van der Waals surface area contributed by atoms with Gasteiger partial charge >= 0.3 is 0 Å². The molecule has 0 unspecified atom stereocenters. The van der Waals surface area contributed by atoms with Gasteiger partial charge in [-0.25, -0.2) is 9.37 Å². The number of rotatable bonds is 2. The number of hydrogen-bond donors (Lipinski definition) is 0. The lowest BCUT2D eigenvalue weighted by molar-refractivity contribution is 0.0971. The Labute approximate surface area is 182 Å². The summed E-state index contributed by atoms with van der Waals surface area (Å²) >= 11 is 4.75. The van der Waals surface area contributed by atoms with Gasteiger partial charge in [-0.3, -0.25) is 14.5 Å². The maximum atomic E-state index is 13.6. The predicted molar refractivity (Wildman–Crippen MR) is 117 cm³/mol. The summed E-state index contributed by atoms with van der Waals surface area (Å²) in [6, 6.07) is 10.1. The van der Waals surface area contributed by atoms with E-state index in [4.69, 9.17) is 4.42 Å². The summed E-state index contributed by atoms with van der Waals surface area (Å²) < 4.78 is 20.2. The second-order valence-corrected chi connectivity index (χ2v) is 9.18. The summed E-state index contributed by atoms with van der Waals surface area (Å²) in [5, 5.41) is 0.844. The molecule has 1 aliphatic heterocycles. The zero-order valence-corrected chi connectivity index (χ0v) is 18.3. The SMILES string of the molecule is Cc1nc(N2C(=O)c3oc4ccc(Br)cc4c(=O)c3[C@H]2c2ccc(F)cc2)sc1C. The molecule has 0 radical (unpaired) electrons. The number of fused-ring (bicyclic) bond motifs is 2. The minimum atomic E-state index is -0.752. The molecule has 0 saturated heterocycles. The highest BCUT2D eigenvalue weighted by Gasteiger charge is 2.45. The van der Waals surface area contributed by atoms with Crippen LogP contribution in [0, 0.1) is 19.7 Å². The number of thiazole rings is 1. The number of hydrogen-bond acceptors (Lipinski definition) is 5. The van der Waals surface area contributed by atoms with Gasteiger partial charge < -0.3 is 4.42 Å². The summed E-state index contributed by atoms with van der Waals surface area (Å²) in [7, 11) is 0.